The lowest BCUT2D eigenvalue weighted by atomic mass is 9.45. The van der Waals surface area contributed by atoms with E-state index in [9.17, 15) is 5.11 Å². The molecule has 3 rings (SSSR count). The number of hydrogen-bond donors (Lipinski definition) is 1. The molecule has 0 unspecified atom stereocenters. The van der Waals surface area contributed by atoms with E-state index < -0.39 is 5.79 Å². The molecule has 1 heterocycles. The topological polar surface area (TPSA) is 38.7 Å². The Morgan fingerprint density at radius 2 is 1.65 bits per heavy atom. The fraction of sp³-hybridized carbons (Fsp3) is 1.00. The molecule has 0 aromatic heterocycles. The van der Waals surface area contributed by atoms with E-state index in [1.807, 2.05) is 0 Å². The van der Waals surface area contributed by atoms with E-state index in [0.717, 1.165) is 18.8 Å². The zero-order chi connectivity index (χ0) is 19.2. The van der Waals surface area contributed by atoms with E-state index in [4.69, 9.17) is 9.47 Å². The zero-order valence-corrected chi connectivity index (χ0v) is 18.0. The average molecular weight is 367 g/mol. The molecule has 152 valence electrons. The number of rotatable bonds is 5. The summed E-state index contributed by atoms with van der Waals surface area (Å²) in [7, 11) is 0. The van der Waals surface area contributed by atoms with Gasteiger partial charge in [0.1, 0.15) is 0 Å². The molecule has 1 N–H and O–H groups in total. The molecule has 2 saturated carbocycles. The Bertz CT molecular complexity index is 480. The van der Waals surface area contributed by atoms with Crippen LogP contribution in [0.25, 0.3) is 0 Å². The summed E-state index contributed by atoms with van der Waals surface area (Å²) in [4.78, 5) is 0. The predicted octanol–water partition coefficient (Wildman–Crippen LogP) is 5.41. The van der Waals surface area contributed by atoms with Crippen molar-refractivity contribution < 1.29 is 14.6 Å². The van der Waals surface area contributed by atoms with E-state index in [1.165, 1.54) is 32.1 Å². The van der Waals surface area contributed by atoms with Crippen LogP contribution in [0, 0.1) is 34.5 Å². The highest BCUT2D eigenvalue weighted by atomic mass is 16.7. The van der Waals surface area contributed by atoms with Crippen LogP contribution < -0.4 is 0 Å². The lowest BCUT2D eigenvalue weighted by Crippen LogP contribution is -2.54. The van der Waals surface area contributed by atoms with Crippen molar-refractivity contribution in [2.45, 2.75) is 98.4 Å². The number of fused-ring (bicyclic) bond motifs is 1. The molecule has 5 atom stereocenters. The number of hydrogen-bond acceptors (Lipinski definition) is 3. The van der Waals surface area contributed by atoms with Gasteiger partial charge < -0.3 is 14.6 Å². The van der Waals surface area contributed by atoms with Crippen LogP contribution in [0.4, 0.5) is 0 Å². The first kappa shape index (κ1) is 20.6. The zero-order valence-electron chi connectivity index (χ0n) is 18.0. The molecule has 2 aliphatic carbocycles. The summed E-state index contributed by atoms with van der Waals surface area (Å²) >= 11 is 0. The lowest BCUT2D eigenvalue weighted by Gasteiger charge is -2.60. The van der Waals surface area contributed by atoms with Gasteiger partial charge in [0.25, 0.3) is 0 Å². The largest absolute Gasteiger partial charge is 0.393 e. The molecule has 1 aliphatic heterocycles. The van der Waals surface area contributed by atoms with Gasteiger partial charge in [-0.25, -0.2) is 0 Å². The van der Waals surface area contributed by atoms with Gasteiger partial charge in [0, 0.05) is 6.42 Å². The van der Waals surface area contributed by atoms with Gasteiger partial charge in [-0.15, -0.1) is 0 Å². The van der Waals surface area contributed by atoms with Crippen molar-refractivity contribution in [3.05, 3.63) is 0 Å². The maximum absolute atomic E-state index is 11.1. The Morgan fingerprint density at radius 1 is 1.00 bits per heavy atom. The maximum Gasteiger partial charge on any atom is 0.165 e. The second-order valence-corrected chi connectivity index (χ2v) is 10.9. The Hall–Kier alpha value is -0.120. The standard InChI is InChI=1S/C23H42O3/c1-16(2)20(24)17-8-9-19-21(3,4)11-7-12-22(19,5)18(17)10-13-23(6)25-14-15-26-23/h16-20,24H,7-15H2,1-6H3/t17-,18+,19+,20-,22-/m1/s1. The van der Waals surface area contributed by atoms with Gasteiger partial charge in [0.15, 0.2) is 5.79 Å². The summed E-state index contributed by atoms with van der Waals surface area (Å²) in [6.45, 7) is 15.4. The van der Waals surface area contributed by atoms with Crippen molar-refractivity contribution in [3.8, 4) is 0 Å². The summed E-state index contributed by atoms with van der Waals surface area (Å²) in [5, 5.41) is 11.1. The minimum atomic E-state index is -0.416. The van der Waals surface area contributed by atoms with Crippen molar-refractivity contribution in [2.24, 2.45) is 34.5 Å². The van der Waals surface area contributed by atoms with Crippen LogP contribution in [0.15, 0.2) is 0 Å². The van der Waals surface area contributed by atoms with Crippen LogP contribution in [-0.2, 0) is 9.47 Å². The first-order valence-corrected chi connectivity index (χ1v) is 11.0. The van der Waals surface area contributed by atoms with Crippen molar-refractivity contribution >= 4 is 0 Å². The summed E-state index contributed by atoms with van der Waals surface area (Å²) in [5.74, 6) is 1.65. The minimum Gasteiger partial charge on any atom is -0.393 e. The van der Waals surface area contributed by atoms with Crippen LogP contribution in [0.1, 0.15) is 86.5 Å². The van der Waals surface area contributed by atoms with E-state index in [-0.39, 0.29) is 6.10 Å². The molecular formula is C23H42O3. The molecule has 3 nitrogen and oxygen atoms in total. The molecule has 0 spiro atoms. The third kappa shape index (κ3) is 3.73. The van der Waals surface area contributed by atoms with Crippen LogP contribution in [0.2, 0.25) is 0 Å². The number of aliphatic hydroxyl groups excluding tert-OH is 1. The molecule has 0 aromatic rings. The Kier molecular flexibility index (Phi) is 5.84. The third-order valence-electron chi connectivity index (χ3n) is 8.36. The van der Waals surface area contributed by atoms with E-state index >= 15 is 0 Å². The normalized spacial score (nSPS) is 40.4. The molecule has 1 saturated heterocycles. The van der Waals surface area contributed by atoms with Gasteiger partial charge >= 0.3 is 0 Å². The number of ether oxygens (including phenoxy) is 2. The summed E-state index contributed by atoms with van der Waals surface area (Å²) < 4.78 is 11.8. The van der Waals surface area contributed by atoms with Gasteiger partial charge in [-0.1, -0.05) is 41.0 Å². The quantitative estimate of drug-likeness (QED) is 0.707. The Balaban J connectivity index is 1.85. The van der Waals surface area contributed by atoms with Gasteiger partial charge in [0.05, 0.1) is 19.3 Å². The average Bonchev–Trinajstić information content (AvgIpc) is 2.98. The smallest absolute Gasteiger partial charge is 0.165 e. The third-order valence-corrected chi connectivity index (χ3v) is 8.36. The van der Waals surface area contributed by atoms with Crippen LogP contribution in [-0.4, -0.2) is 30.2 Å². The predicted molar refractivity (Wildman–Crippen MR) is 106 cm³/mol. The fourth-order valence-electron chi connectivity index (χ4n) is 6.95. The second kappa shape index (κ2) is 7.37. The molecule has 3 aliphatic rings. The van der Waals surface area contributed by atoms with Crippen LogP contribution >= 0.6 is 0 Å². The Morgan fingerprint density at radius 3 is 2.27 bits per heavy atom. The van der Waals surface area contributed by atoms with Crippen LogP contribution in [0.5, 0.6) is 0 Å². The van der Waals surface area contributed by atoms with Crippen molar-refractivity contribution in [1.82, 2.24) is 0 Å². The maximum atomic E-state index is 11.1. The summed E-state index contributed by atoms with van der Waals surface area (Å²) in [6, 6.07) is 0. The second-order valence-electron chi connectivity index (χ2n) is 10.9. The van der Waals surface area contributed by atoms with Crippen molar-refractivity contribution in [1.29, 1.82) is 0 Å². The minimum absolute atomic E-state index is 0.193. The van der Waals surface area contributed by atoms with Crippen molar-refractivity contribution in [3.63, 3.8) is 0 Å². The van der Waals surface area contributed by atoms with Gasteiger partial charge in [-0.2, -0.15) is 0 Å². The molecule has 0 amide bonds. The fourth-order valence-corrected chi connectivity index (χ4v) is 6.95. The molecule has 0 radical (unpaired) electrons. The highest BCUT2D eigenvalue weighted by Gasteiger charge is 2.56. The molecule has 0 bridgehead atoms. The monoisotopic (exact) mass is 366 g/mol. The first-order valence-electron chi connectivity index (χ1n) is 11.0. The molecule has 26 heavy (non-hydrogen) atoms. The molecular weight excluding hydrogens is 324 g/mol. The van der Waals surface area contributed by atoms with Crippen molar-refractivity contribution in [2.75, 3.05) is 13.2 Å². The van der Waals surface area contributed by atoms with Crippen LogP contribution in [0.3, 0.4) is 0 Å². The summed E-state index contributed by atoms with van der Waals surface area (Å²) in [6.07, 6.45) is 8.29. The molecule has 3 fully saturated rings. The highest BCUT2D eigenvalue weighted by Crippen LogP contribution is 2.63. The molecule has 3 heteroatoms. The molecule has 0 aromatic carbocycles. The highest BCUT2D eigenvalue weighted by molar-refractivity contribution is 5.05. The van der Waals surface area contributed by atoms with Gasteiger partial charge in [0.2, 0.25) is 0 Å². The first-order chi connectivity index (χ1) is 12.1. The van der Waals surface area contributed by atoms with E-state index in [1.54, 1.807) is 0 Å². The SMILES string of the molecule is CC(C)[C@@H](O)[C@@H]1CC[C@H]2C(C)(C)CCC[C@]2(C)[C@H]1CCC1(C)OCCO1. The van der Waals surface area contributed by atoms with Gasteiger partial charge in [-0.05, 0) is 73.5 Å². The lowest BCUT2D eigenvalue weighted by molar-refractivity contribution is -0.168. The van der Waals surface area contributed by atoms with Gasteiger partial charge in [-0.3, -0.25) is 0 Å². The summed E-state index contributed by atoms with van der Waals surface area (Å²) in [5.41, 5.74) is 0.749. The number of aliphatic hydroxyl groups is 1. The Labute approximate surface area is 161 Å². The van der Waals surface area contributed by atoms with E-state index in [0.29, 0.717) is 41.8 Å². The van der Waals surface area contributed by atoms with E-state index in [2.05, 4.69) is 41.5 Å².